The molecule has 1 fully saturated rings. The Morgan fingerprint density at radius 3 is 2.90 bits per heavy atom. The van der Waals surface area contributed by atoms with E-state index in [9.17, 15) is 4.79 Å². The molecule has 3 aromatic rings. The molecule has 1 amide bonds. The SMILES string of the molecule is O=C(C[C@@H]1CCNC[C@@H]1Cc1cc(CSc2ccccc2)on1)NCc1ccco1. The Balaban J connectivity index is 1.27. The first kappa shape index (κ1) is 20.8. The van der Waals surface area contributed by atoms with Gasteiger partial charge in [0.15, 0.2) is 0 Å². The first-order valence-corrected chi connectivity index (χ1v) is 11.4. The van der Waals surface area contributed by atoms with Gasteiger partial charge in [-0.3, -0.25) is 4.79 Å². The maximum Gasteiger partial charge on any atom is 0.220 e. The number of amides is 1. The predicted molar refractivity (Wildman–Crippen MR) is 116 cm³/mol. The Morgan fingerprint density at radius 2 is 2.07 bits per heavy atom. The molecule has 6 nitrogen and oxygen atoms in total. The van der Waals surface area contributed by atoms with E-state index in [0.29, 0.717) is 24.8 Å². The van der Waals surface area contributed by atoms with Gasteiger partial charge in [-0.25, -0.2) is 0 Å². The number of nitrogens with one attached hydrogen (secondary N) is 2. The highest BCUT2D eigenvalue weighted by molar-refractivity contribution is 7.98. The van der Waals surface area contributed by atoms with Gasteiger partial charge in [-0.05, 0) is 62.0 Å². The van der Waals surface area contributed by atoms with E-state index in [1.54, 1.807) is 18.0 Å². The molecular formula is C23H27N3O3S. The van der Waals surface area contributed by atoms with Crippen molar-refractivity contribution in [3.63, 3.8) is 0 Å². The minimum absolute atomic E-state index is 0.0726. The average molecular weight is 426 g/mol. The number of furan rings is 1. The molecule has 2 aromatic heterocycles. The van der Waals surface area contributed by atoms with Gasteiger partial charge < -0.3 is 19.6 Å². The lowest BCUT2D eigenvalue weighted by atomic mass is 9.81. The third-order valence-corrected chi connectivity index (χ3v) is 6.49. The molecule has 1 saturated heterocycles. The van der Waals surface area contributed by atoms with Gasteiger partial charge in [0.05, 0.1) is 24.3 Å². The number of piperidine rings is 1. The summed E-state index contributed by atoms with van der Waals surface area (Å²) in [4.78, 5) is 13.6. The van der Waals surface area contributed by atoms with Crippen molar-refractivity contribution in [1.29, 1.82) is 0 Å². The van der Waals surface area contributed by atoms with E-state index in [-0.39, 0.29) is 5.91 Å². The lowest BCUT2D eigenvalue weighted by molar-refractivity contribution is -0.122. The van der Waals surface area contributed by atoms with Crippen molar-refractivity contribution >= 4 is 17.7 Å². The van der Waals surface area contributed by atoms with Crippen LogP contribution < -0.4 is 10.6 Å². The van der Waals surface area contributed by atoms with Gasteiger partial charge >= 0.3 is 0 Å². The van der Waals surface area contributed by atoms with Crippen molar-refractivity contribution < 1.29 is 13.7 Å². The van der Waals surface area contributed by atoms with Crippen LogP contribution in [-0.4, -0.2) is 24.2 Å². The van der Waals surface area contributed by atoms with Crippen molar-refractivity contribution in [1.82, 2.24) is 15.8 Å². The smallest absolute Gasteiger partial charge is 0.220 e. The van der Waals surface area contributed by atoms with Crippen molar-refractivity contribution in [2.45, 2.75) is 36.5 Å². The predicted octanol–water partition coefficient (Wildman–Crippen LogP) is 4.03. The largest absolute Gasteiger partial charge is 0.467 e. The van der Waals surface area contributed by atoms with Crippen LogP contribution in [0.25, 0.3) is 0 Å². The number of carbonyl (C=O) groups is 1. The maximum atomic E-state index is 12.4. The summed E-state index contributed by atoms with van der Waals surface area (Å²) in [5, 5.41) is 10.7. The summed E-state index contributed by atoms with van der Waals surface area (Å²) < 4.78 is 10.8. The van der Waals surface area contributed by atoms with Crippen LogP contribution in [0.3, 0.4) is 0 Å². The number of carbonyl (C=O) groups excluding carboxylic acids is 1. The molecule has 0 aliphatic carbocycles. The third kappa shape index (κ3) is 6.00. The molecule has 0 unspecified atom stereocenters. The zero-order valence-electron chi connectivity index (χ0n) is 16.9. The molecule has 4 rings (SSSR count). The number of nitrogens with zero attached hydrogens (tertiary/aromatic N) is 1. The minimum Gasteiger partial charge on any atom is -0.467 e. The fourth-order valence-corrected chi connectivity index (χ4v) is 4.65. The molecule has 7 heteroatoms. The lowest BCUT2D eigenvalue weighted by Gasteiger charge is -2.31. The molecule has 0 radical (unpaired) electrons. The van der Waals surface area contributed by atoms with Crippen LogP contribution in [0, 0.1) is 11.8 Å². The second-order valence-electron chi connectivity index (χ2n) is 7.66. The van der Waals surface area contributed by atoms with Crippen LogP contribution in [0.4, 0.5) is 0 Å². The highest BCUT2D eigenvalue weighted by Gasteiger charge is 2.28. The van der Waals surface area contributed by atoms with E-state index < -0.39 is 0 Å². The van der Waals surface area contributed by atoms with Crippen LogP contribution in [0.15, 0.2) is 68.6 Å². The van der Waals surface area contributed by atoms with Gasteiger partial charge in [-0.1, -0.05) is 23.4 Å². The first-order valence-electron chi connectivity index (χ1n) is 10.4. The second-order valence-corrected chi connectivity index (χ2v) is 8.71. The van der Waals surface area contributed by atoms with Crippen LogP contribution in [0.2, 0.25) is 0 Å². The molecule has 2 N–H and O–H groups in total. The second kappa shape index (κ2) is 10.5. The van der Waals surface area contributed by atoms with Gasteiger partial charge in [0.1, 0.15) is 11.5 Å². The number of aromatic nitrogens is 1. The van der Waals surface area contributed by atoms with E-state index in [1.165, 1.54) is 4.90 Å². The van der Waals surface area contributed by atoms with Gasteiger partial charge in [0, 0.05) is 17.4 Å². The van der Waals surface area contributed by atoms with Crippen molar-refractivity contribution in [3.05, 3.63) is 72.0 Å². The highest BCUT2D eigenvalue weighted by atomic mass is 32.2. The summed E-state index contributed by atoms with van der Waals surface area (Å²) in [6.45, 7) is 2.29. The standard InChI is InChI=1S/C23H27N3O3S/c27-23(25-15-20-5-4-10-28-20)12-17-8-9-24-14-18(17)11-19-13-21(29-26-19)16-30-22-6-2-1-3-7-22/h1-7,10,13,17-18,24H,8-9,11-12,14-16H2,(H,25,27)/t17-,18-/m0/s1. The van der Waals surface area contributed by atoms with Crippen LogP contribution >= 0.6 is 11.8 Å². The molecule has 2 atom stereocenters. The van der Waals surface area contributed by atoms with Crippen molar-refractivity contribution in [2.75, 3.05) is 13.1 Å². The van der Waals surface area contributed by atoms with Crippen LogP contribution in [0.5, 0.6) is 0 Å². The van der Waals surface area contributed by atoms with E-state index in [4.69, 9.17) is 8.94 Å². The van der Waals surface area contributed by atoms with Gasteiger partial charge in [-0.2, -0.15) is 0 Å². The molecule has 1 aliphatic rings. The number of hydrogen-bond donors (Lipinski definition) is 2. The molecule has 1 aliphatic heterocycles. The Labute approximate surface area is 180 Å². The van der Waals surface area contributed by atoms with Crippen LogP contribution in [-0.2, 0) is 23.5 Å². The monoisotopic (exact) mass is 425 g/mol. The molecule has 30 heavy (non-hydrogen) atoms. The van der Waals surface area contributed by atoms with Crippen molar-refractivity contribution in [2.24, 2.45) is 11.8 Å². The zero-order valence-corrected chi connectivity index (χ0v) is 17.7. The van der Waals surface area contributed by atoms with Gasteiger partial charge in [0.2, 0.25) is 5.91 Å². The number of rotatable bonds is 9. The zero-order chi connectivity index (χ0) is 20.6. The van der Waals surface area contributed by atoms with E-state index >= 15 is 0 Å². The highest BCUT2D eigenvalue weighted by Crippen LogP contribution is 2.27. The quantitative estimate of drug-likeness (QED) is 0.504. The first-order chi connectivity index (χ1) is 14.8. The van der Waals surface area contributed by atoms with Crippen LogP contribution in [0.1, 0.15) is 30.1 Å². The average Bonchev–Trinajstić information content (AvgIpc) is 3.45. The summed E-state index contributed by atoms with van der Waals surface area (Å²) in [6, 6.07) is 16.0. The molecule has 0 saturated carbocycles. The Bertz CT molecular complexity index is 911. The molecule has 158 valence electrons. The molecule has 1 aromatic carbocycles. The summed E-state index contributed by atoms with van der Waals surface area (Å²) in [5.74, 6) is 3.19. The fraction of sp³-hybridized carbons (Fsp3) is 0.391. The number of thioether (sulfide) groups is 1. The summed E-state index contributed by atoms with van der Waals surface area (Å²) in [7, 11) is 0. The van der Waals surface area contributed by atoms with E-state index in [0.717, 1.165) is 48.9 Å². The molecule has 0 spiro atoms. The maximum absolute atomic E-state index is 12.4. The number of benzene rings is 1. The summed E-state index contributed by atoms with van der Waals surface area (Å²) in [6.07, 6.45) is 3.96. The number of hydrogen-bond acceptors (Lipinski definition) is 6. The minimum atomic E-state index is 0.0726. The fourth-order valence-electron chi connectivity index (χ4n) is 3.85. The van der Waals surface area contributed by atoms with E-state index in [1.807, 2.05) is 30.3 Å². The van der Waals surface area contributed by atoms with Gasteiger partial charge in [-0.15, -0.1) is 11.8 Å². The third-order valence-electron chi connectivity index (χ3n) is 5.46. The Hall–Kier alpha value is -2.51. The molecular weight excluding hydrogens is 398 g/mol. The molecule has 0 bridgehead atoms. The molecule has 3 heterocycles. The summed E-state index contributed by atoms with van der Waals surface area (Å²) >= 11 is 1.74. The topological polar surface area (TPSA) is 80.3 Å². The van der Waals surface area contributed by atoms with Gasteiger partial charge in [0.25, 0.3) is 0 Å². The lowest BCUT2D eigenvalue weighted by Crippen LogP contribution is -2.40. The normalized spacial score (nSPS) is 18.9. The van der Waals surface area contributed by atoms with Crippen molar-refractivity contribution in [3.8, 4) is 0 Å². The summed E-state index contributed by atoms with van der Waals surface area (Å²) in [5.41, 5.74) is 0.966. The Morgan fingerprint density at radius 1 is 1.17 bits per heavy atom. The van der Waals surface area contributed by atoms with E-state index in [2.05, 4.69) is 34.0 Å². The Kier molecular flexibility index (Phi) is 7.26.